The number of benzene rings is 1. The molecule has 1 aliphatic carbocycles. The van der Waals surface area contributed by atoms with E-state index in [1.165, 1.54) is 27.3 Å². The first-order chi connectivity index (χ1) is 15.0. The largest absolute Gasteiger partial charge is 0.317 e. The van der Waals surface area contributed by atoms with E-state index in [-0.39, 0.29) is 5.57 Å². The van der Waals surface area contributed by atoms with Crippen LogP contribution in [0.2, 0.25) is 0 Å². The monoisotopic (exact) mass is 426 g/mol. The van der Waals surface area contributed by atoms with Gasteiger partial charge in [-0.1, -0.05) is 6.07 Å². The van der Waals surface area contributed by atoms with Gasteiger partial charge < -0.3 is 9.88 Å². The van der Waals surface area contributed by atoms with Crippen LogP contribution in [0, 0.1) is 36.5 Å². The Morgan fingerprint density at radius 2 is 1.97 bits per heavy atom. The number of aryl methyl sites for hydroxylation is 3. The van der Waals surface area contributed by atoms with Crippen molar-refractivity contribution in [3.8, 4) is 17.8 Å². The lowest BCUT2D eigenvalue weighted by Crippen LogP contribution is -2.13. The Hall–Kier alpha value is -3.61. The molecule has 1 aromatic carbocycles. The van der Waals surface area contributed by atoms with Crippen molar-refractivity contribution in [1.29, 1.82) is 10.5 Å². The van der Waals surface area contributed by atoms with Crippen LogP contribution in [0.1, 0.15) is 45.7 Å². The highest BCUT2D eigenvalue weighted by atomic mass is 32.1. The fraction of sp³-hybridized carbons (Fsp3) is 0.240. The molecule has 5 nitrogen and oxygen atoms in total. The average molecular weight is 427 g/mol. The van der Waals surface area contributed by atoms with Crippen molar-refractivity contribution in [3.63, 3.8) is 0 Å². The Morgan fingerprint density at radius 3 is 2.71 bits per heavy atom. The average Bonchev–Trinajstić information content (AvgIpc) is 3.37. The normalized spacial score (nSPS) is 13.2. The minimum absolute atomic E-state index is 0.000884. The van der Waals surface area contributed by atoms with Crippen LogP contribution >= 0.6 is 11.3 Å². The van der Waals surface area contributed by atoms with Gasteiger partial charge in [-0.3, -0.25) is 4.79 Å². The predicted molar refractivity (Wildman–Crippen MR) is 123 cm³/mol. The molecule has 2 aromatic heterocycles. The summed E-state index contributed by atoms with van der Waals surface area (Å²) in [6.07, 6.45) is 7.47. The number of nitrogens with zero attached hydrogens (tertiary/aromatic N) is 3. The number of carbonyl (C=O) groups is 1. The maximum absolute atomic E-state index is 12.9. The number of amides is 1. The lowest BCUT2D eigenvalue weighted by Gasteiger charge is -2.10. The van der Waals surface area contributed by atoms with Crippen LogP contribution in [0.25, 0.3) is 11.8 Å². The van der Waals surface area contributed by atoms with E-state index in [1.54, 1.807) is 6.08 Å². The van der Waals surface area contributed by atoms with Gasteiger partial charge in [-0.15, -0.1) is 11.3 Å². The zero-order valence-corrected chi connectivity index (χ0v) is 18.3. The van der Waals surface area contributed by atoms with Crippen LogP contribution in [0.3, 0.4) is 0 Å². The molecule has 0 aliphatic heterocycles. The van der Waals surface area contributed by atoms with Gasteiger partial charge in [-0.05, 0) is 86.6 Å². The number of carbonyl (C=O) groups excluding carboxylic acids is 1. The lowest BCUT2D eigenvalue weighted by atomic mass is 9.96. The first-order valence-electron chi connectivity index (χ1n) is 10.2. The smallest absolute Gasteiger partial charge is 0.267 e. The molecule has 1 N–H and O–H groups in total. The second kappa shape index (κ2) is 8.63. The highest BCUT2D eigenvalue weighted by Crippen LogP contribution is 2.37. The minimum Gasteiger partial charge on any atom is -0.317 e. The van der Waals surface area contributed by atoms with Crippen LogP contribution in [-0.2, 0) is 17.6 Å². The number of aromatic nitrogens is 1. The summed E-state index contributed by atoms with van der Waals surface area (Å²) in [4.78, 5) is 14.1. The van der Waals surface area contributed by atoms with E-state index in [1.807, 2.05) is 35.0 Å². The number of anilines is 1. The molecule has 0 atom stereocenters. The zero-order valence-electron chi connectivity index (χ0n) is 17.5. The van der Waals surface area contributed by atoms with Crippen molar-refractivity contribution in [3.05, 3.63) is 74.9 Å². The van der Waals surface area contributed by atoms with Gasteiger partial charge in [0.1, 0.15) is 22.7 Å². The Balaban J connectivity index is 1.64. The number of rotatable bonds is 4. The Morgan fingerprint density at radius 1 is 1.16 bits per heavy atom. The Kier molecular flexibility index (Phi) is 5.75. The Bertz CT molecular complexity index is 1280. The molecule has 2 heterocycles. The number of hydrogen-bond acceptors (Lipinski definition) is 4. The molecule has 0 saturated heterocycles. The molecule has 0 unspecified atom stereocenters. The minimum atomic E-state index is -0.495. The first kappa shape index (κ1) is 20.7. The highest BCUT2D eigenvalue weighted by Gasteiger charge is 2.22. The van der Waals surface area contributed by atoms with E-state index in [9.17, 15) is 15.3 Å². The molecule has 1 amide bonds. The molecule has 0 fully saturated rings. The molecule has 4 rings (SSSR count). The summed E-state index contributed by atoms with van der Waals surface area (Å²) in [6.45, 7) is 4.12. The molecule has 0 bridgehead atoms. The predicted octanol–water partition coefficient (Wildman–Crippen LogP) is 5.45. The summed E-state index contributed by atoms with van der Waals surface area (Å²) in [7, 11) is 0. The van der Waals surface area contributed by atoms with E-state index in [0.29, 0.717) is 10.6 Å². The van der Waals surface area contributed by atoms with Crippen molar-refractivity contribution in [1.82, 2.24) is 4.57 Å². The number of thiophene rings is 1. The van der Waals surface area contributed by atoms with Gasteiger partial charge >= 0.3 is 0 Å². The van der Waals surface area contributed by atoms with Crippen molar-refractivity contribution in [2.75, 3.05) is 5.32 Å². The summed E-state index contributed by atoms with van der Waals surface area (Å²) < 4.78 is 1.95. The fourth-order valence-corrected chi connectivity index (χ4v) is 5.10. The molecule has 0 saturated carbocycles. The lowest BCUT2D eigenvalue weighted by molar-refractivity contribution is -0.112. The zero-order chi connectivity index (χ0) is 22.0. The quantitative estimate of drug-likeness (QED) is 0.445. The first-order valence-corrected chi connectivity index (χ1v) is 11.1. The van der Waals surface area contributed by atoms with Crippen molar-refractivity contribution in [2.45, 2.75) is 39.5 Å². The fourth-order valence-electron chi connectivity index (χ4n) is 3.86. The molecular formula is C25H22N4OS. The van der Waals surface area contributed by atoms with Gasteiger partial charge in [0.15, 0.2) is 0 Å². The van der Waals surface area contributed by atoms with Crippen LogP contribution in [0.15, 0.2) is 42.1 Å². The third-order valence-corrected chi connectivity index (χ3v) is 6.92. The maximum Gasteiger partial charge on any atom is 0.267 e. The van der Waals surface area contributed by atoms with Gasteiger partial charge in [0, 0.05) is 22.5 Å². The van der Waals surface area contributed by atoms with Crippen LogP contribution in [-0.4, -0.2) is 10.5 Å². The second-order valence-corrected chi connectivity index (χ2v) is 8.83. The van der Waals surface area contributed by atoms with E-state index in [4.69, 9.17) is 0 Å². The molecule has 6 heteroatoms. The van der Waals surface area contributed by atoms with Crippen molar-refractivity contribution in [2.24, 2.45) is 0 Å². The molecule has 0 radical (unpaired) electrons. The van der Waals surface area contributed by atoms with Crippen LogP contribution in [0.5, 0.6) is 0 Å². The summed E-state index contributed by atoms with van der Waals surface area (Å²) >= 11 is 1.46. The van der Waals surface area contributed by atoms with Crippen molar-refractivity contribution < 1.29 is 4.79 Å². The topological polar surface area (TPSA) is 81.6 Å². The van der Waals surface area contributed by atoms with E-state index in [0.717, 1.165) is 42.6 Å². The molecule has 154 valence electrons. The molecule has 0 spiro atoms. The molecule has 1 aliphatic rings. The standard InChI is InChI=1S/C25H22N4OS/c1-16-9-10-20(12-17(16)2)29-11-5-6-19(29)13-18(14-26)24(30)28-25-22(15-27)21-7-3-4-8-23(21)31-25/h5-6,9-13H,3-4,7-8H2,1-2H3,(H,28,30). The summed E-state index contributed by atoms with van der Waals surface area (Å²) in [6, 6.07) is 14.2. The molecule has 3 aromatic rings. The number of nitrogens with one attached hydrogen (secondary N) is 1. The van der Waals surface area contributed by atoms with Crippen molar-refractivity contribution >= 4 is 28.3 Å². The molecular weight excluding hydrogens is 404 g/mol. The van der Waals surface area contributed by atoms with E-state index in [2.05, 4.69) is 37.4 Å². The van der Waals surface area contributed by atoms with Crippen LogP contribution in [0.4, 0.5) is 5.00 Å². The summed E-state index contributed by atoms with van der Waals surface area (Å²) in [5.41, 5.74) is 5.68. The van der Waals surface area contributed by atoms with Gasteiger partial charge in [0.2, 0.25) is 0 Å². The third kappa shape index (κ3) is 4.03. The van der Waals surface area contributed by atoms with E-state index < -0.39 is 5.91 Å². The van der Waals surface area contributed by atoms with Gasteiger partial charge in [0.05, 0.1) is 5.56 Å². The number of hydrogen-bond donors (Lipinski definition) is 1. The number of fused-ring (bicyclic) bond motifs is 1. The highest BCUT2D eigenvalue weighted by molar-refractivity contribution is 7.16. The maximum atomic E-state index is 12.9. The number of nitriles is 2. The van der Waals surface area contributed by atoms with Gasteiger partial charge in [-0.25, -0.2) is 0 Å². The van der Waals surface area contributed by atoms with E-state index >= 15 is 0 Å². The molecule has 31 heavy (non-hydrogen) atoms. The van der Waals surface area contributed by atoms with Gasteiger partial charge in [-0.2, -0.15) is 10.5 Å². The van der Waals surface area contributed by atoms with Gasteiger partial charge in [0.25, 0.3) is 5.91 Å². The third-order valence-electron chi connectivity index (χ3n) is 5.72. The summed E-state index contributed by atoms with van der Waals surface area (Å²) in [5.74, 6) is -0.495. The van der Waals surface area contributed by atoms with Crippen LogP contribution < -0.4 is 5.32 Å². The SMILES string of the molecule is Cc1ccc(-n2cccc2C=C(C#N)C(=O)Nc2sc3c(c2C#N)CCCC3)cc1C. The second-order valence-electron chi connectivity index (χ2n) is 7.72. The summed E-state index contributed by atoms with van der Waals surface area (Å²) in [5, 5.41) is 22.6. The Labute approximate surface area is 185 Å².